The molecule has 0 radical (unpaired) electrons. The first-order chi connectivity index (χ1) is 9.47. The molecular formula is C15H21NO4. The van der Waals surface area contributed by atoms with Crippen LogP contribution in [0.2, 0.25) is 0 Å². The minimum Gasteiger partial charge on any atom is -0.478 e. The van der Waals surface area contributed by atoms with Crippen LogP contribution < -0.4 is 5.56 Å². The van der Waals surface area contributed by atoms with Crippen LogP contribution in [0.15, 0.2) is 23.0 Å². The minimum atomic E-state index is -1.07. The molecule has 5 heteroatoms. The number of hydrogen-bond donors (Lipinski definition) is 1. The summed E-state index contributed by atoms with van der Waals surface area (Å²) in [5.74, 6) is -0.842. The number of methoxy groups -OCH3 is 1. The standard InChI is InChI=1S/C15H21NO4/c1-11(2)13-7-5-12(6-8-14(17)18)15(19)16(13)9-4-10-20-3/h5-8,11H,4,9-10H2,1-3H3,(H,17,18)/b8-6+. The quantitative estimate of drug-likeness (QED) is 0.613. The molecule has 0 bridgehead atoms. The lowest BCUT2D eigenvalue weighted by Gasteiger charge is -2.16. The number of nitrogens with zero attached hydrogens (tertiary/aromatic N) is 1. The SMILES string of the molecule is COCCCn1c(C(C)C)ccc(/C=C/C(=O)O)c1=O. The second kappa shape index (κ2) is 7.65. The van der Waals surface area contributed by atoms with Gasteiger partial charge in [-0.05, 0) is 30.5 Å². The molecule has 0 saturated carbocycles. The molecule has 0 atom stereocenters. The van der Waals surface area contributed by atoms with Gasteiger partial charge in [-0.3, -0.25) is 4.79 Å². The van der Waals surface area contributed by atoms with Gasteiger partial charge in [-0.15, -0.1) is 0 Å². The third kappa shape index (κ3) is 4.35. The highest BCUT2D eigenvalue weighted by Crippen LogP contribution is 2.14. The average molecular weight is 279 g/mol. The molecule has 110 valence electrons. The fourth-order valence-corrected chi connectivity index (χ4v) is 2.00. The highest BCUT2D eigenvalue weighted by atomic mass is 16.5. The van der Waals surface area contributed by atoms with Gasteiger partial charge in [0.15, 0.2) is 0 Å². The van der Waals surface area contributed by atoms with E-state index in [2.05, 4.69) is 0 Å². The zero-order valence-electron chi connectivity index (χ0n) is 12.1. The topological polar surface area (TPSA) is 68.5 Å². The summed E-state index contributed by atoms with van der Waals surface area (Å²) in [4.78, 5) is 22.9. The molecule has 0 aliphatic heterocycles. The first kappa shape index (κ1) is 16.2. The van der Waals surface area contributed by atoms with Crippen molar-refractivity contribution in [2.45, 2.75) is 32.7 Å². The van der Waals surface area contributed by atoms with Gasteiger partial charge in [0.2, 0.25) is 0 Å². The monoisotopic (exact) mass is 279 g/mol. The molecule has 0 saturated heterocycles. The molecule has 1 rings (SSSR count). The van der Waals surface area contributed by atoms with E-state index < -0.39 is 5.97 Å². The van der Waals surface area contributed by atoms with Crippen molar-refractivity contribution >= 4 is 12.0 Å². The molecule has 5 nitrogen and oxygen atoms in total. The molecule has 0 amide bonds. The maximum absolute atomic E-state index is 12.4. The third-order valence-corrected chi connectivity index (χ3v) is 2.96. The van der Waals surface area contributed by atoms with Crippen LogP contribution in [0, 0.1) is 0 Å². The van der Waals surface area contributed by atoms with Gasteiger partial charge in [-0.25, -0.2) is 4.79 Å². The molecule has 0 aromatic carbocycles. The number of carbonyl (C=O) groups is 1. The highest BCUT2D eigenvalue weighted by Gasteiger charge is 2.10. The van der Waals surface area contributed by atoms with Gasteiger partial charge >= 0.3 is 5.97 Å². The van der Waals surface area contributed by atoms with E-state index in [1.165, 1.54) is 6.08 Å². The molecule has 0 unspecified atom stereocenters. The maximum Gasteiger partial charge on any atom is 0.328 e. The Bertz CT molecular complexity index is 543. The van der Waals surface area contributed by atoms with Crippen LogP contribution in [0.1, 0.15) is 37.4 Å². The Balaban J connectivity index is 3.16. The van der Waals surface area contributed by atoms with E-state index in [9.17, 15) is 9.59 Å². The van der Waals surface area contributed by atoms with E-state index in [1.54, 1.807) is 17.7 Å². The largest absolute Gasteiger partial charge is 0.478 e. The Morgan fingerprint density at radius 2 is 2.15 bits per heavy atom. The zero-order valence-corrected chi connectivity index (χ0v) is 12.1. The van der Waals surface area contributed by atoms with E-state index in [0.29, 0.717) is 18.7 Å². The molecule has 1 heterocycles. The van der Waals surface area contributed by atoms with E-state index in [0.717, 1.165) is 18.2 Å². The van der Waals surface area contributed by atoms with Gasteiger partial charge in [0.25, 0.3) is 5.56 Å². The predicted molar refractivity (Wildman–Crippen MR) is 78.0 cm³/mol. The minimum absolute atomic E-state index is 0.162. The number of carboxylic acids is 1. The lowest BCUT2D eigenvalue weighted by atomic mass is 10.1. The first-order valence-corrected chi connectivity index (χ1v) is 6.61. The molecule has 1 N–H and O–H groups in total. The van der Waals surface area contributed by atoms with Crippen LogP contribution in [-0.2, 0) is 16.1 Å². The van der Waals surface area contributed by atoms with Crippen molar-refractivity contribution in [3.63, 3.8) is 0 Å². The summed E-state index contributed by atoms with van der Waals surface area (Å²) >= 11 is 0. The normalized spacial score (nSPS) is 11.4. The Labute approximate surface area is 118 Å². The Morgan fingerprint density at radius 1 is 1.45 bits per heavy atom. The van der Waals surface area contributed by atoms with Crippen molar-refractivity contribution in [2.75, 3.05) is 13.7 Å². The van der Waals surface area contributed by atoms with Crippen LogP contribution in [0.25, 0.3) is 6.08 Å². The van der Waals surface area contributed by atoms with Gasteiger partial charge in [-0.1, -0.05) is 13.8 Å². The van der Waals surface area contributed by atoms with E-state index in [1.807, 2.05) is 19.9 Å². The summed E-state index contributed by atoms with van der Waals surface area (Å²) in [6.07, 6.45) is 3.05. The number of hydrogen-bond acceptors (Lipinski definition) is 3. The fourth-order valence-electron chi connectivity index (χ4n) is 2.00. The van der Waals surface area contributed by atoms with Crippen LogP contribution in [0.4, 0.5) is 0 Å². The second-order valence-electron chi connectivity index (χ2n) is 4.84. The summed E-state index contributed by atoms with van der Waals surface area (Å²) < 4.78 is 6.71. The van der Waals surface area contributed by atoms with Crippen LogP contribution >= 0.6 is 0 Å². The number of ether oxygens (including phenoxy) is 1. The zero-order chi connectivity index (χ0) is 15.1. The van der Waals surface area contributed by atoms with Gasteiger partial charge in [0.1, 0.15) is 0 Å². The lowest BCUT2D eigenvalue weighted by molar-refractivity contribution is -0.131. The number of rotatable bonds is 7. The van der Waals surface area contributed by atoms with Crippen molar-refractivity contribution in [3.8, 4) is 0 Å². The first-order valence-electron chi connectivity index (χ1n) is 6.61. The summed E-state index contributed by atoms with van der Waals surface area (Å²) in [6, 6.07) is 3.55. The molecule has 0 fully saturated rings. The van der Waals surface area contributed by atoms with Gasteiger partial charge in [-0.2, -0.15) is 0 Å². The lowest BCUT2D eigenvalue weighted by Crippen LogP contribution is -2.26. The highest BCUT2D eigenvalue weighted by molar-refractivity contribution is 5.85. The Morgan fingerprint density at radius 3 is 2.70 bits per heavy atom. The summed E-state index contributed by atoms with van der Waals surface area (Å²) in [6.45, 7) is 5.19. The Hall–Kier alpha value is -1.88. The smallest absolute Gasteiger partial charge is 0.328 e. The second-order valence-corrected chi connectivity index (χ2v) is 4.84. The van der Waals surface area contributed by atoms with E-state index in [4.69, 9.17) is 9.84 Å². The molecule has 20 heavy (non-hydrogen) atoms. The van der Waals surface area contributed by atoms with Crippen molar-refractivity contribution in [3.05, 3.63) is 39.8 Å². The van der Waals surface area contributed by atoms with Crippen molar-refractivity contribution < 1.29 is 14.6 Å². The average Bonchev–Trinajstić information content (AvgIpc) is 2.38. The summed E-state index contributed by atoms with van der Waals surface area (Å²) in [5, 5.41) is 8.64. The van der Waals surface area contributed by atoms with Crippen LogP contribution in [0.5, 0.6) is 0 Å². The van der Waals surface area contributed by atoms with Crippen molar-refractivity contribution in [2.24, 2.45) is 0 Å². The van der Waals surface area contributed by atoms with E-state index in [-0.39, 0.29) is 11.5 Å². The molecular weight excluding hydrogens is 258 g/mol. The number of aromatic nitrogens is 1. The summed E-state index contributed by atoms with van der Waals surface area (Å²) in [5.41, 5.74) is 1.16. The molecule has 0 spiro atoms. The number of pyridine rings is 1. The van der Waals surface area contributed by atoms with Gasteiger partial charge in [0.05, 0.1) is 0 Å². The fraction of sp³-hybridized carbons (Fsp3) is 0.467. The van der Waals surface area contributed by atoms with Crippen molar-refractivity contribution in [1.82, 2.24) is 4.57 Å². The summed E-state index contributed by atoms with van der Waals surface area (Å²) in [7, 11) is 1.62. The number of aliphatic carboxylic acids is 1. The third-order valence-electron chi connectivity index (χ3n) is 2.96. The maximum atomic E-state index is 12.4. The van der Waals surface area contributed by atoms with Crippen molar-refractivity contribution in [1.29, 1.82) is 0 Å². The van der Waals surface area contributed by atoms with Gasteiger partial charge < -0.3 is 14.4 Å². The van der Waals surface area contributed by atoms with Crippen LogP contribution in [0.3, 0.4) is 0 Å². The number of carboxylic acid groups (broad SMARTS) is 1. The van der Waals surface area contributed by atoms with E-state index >= 15 is 0 Å². The predicted octanol–water partition coefficient (Wildman–Crippen LogP) is 2.11. The molecule has 1 aromatic rings. The Kier molecular flexibility index (Phi) is 6.18. The molecule has 1 aromatic heterocycles. The molecule has 0 aliphatic carbocycles. The van der Waals surface area contributed by atoms with Gasteiger partial charge in [0, 0.05) is 37.6 Å². The molecule has 0 aliphatic rings. The van der Waals surface area contributed by atoms with Crippen LogP contribution in [-0.4, -0.2) is 29.4 Å².